The number of carbonyl (C=O) groups excluding carboxylic acids is 1. The second-order valence-corrected chi connectivity index (χ2v) is 5.83. The van der Waals surface area contributed by atoms with Crippen molar-refractivity contribution in [2.75, 3.05) is 0 Å². The van der Waals surface area contributed by atoms with Crippen molar-refractivity contribution in [3.05, 3.63) is 0 Å². The number of hydrogen-bond acceptors (Lipinski definition) is 8. The van der Waals surface area contributed by atoms with Crippen molar-refractivity contribution in [3.8, 4) is 0 Å². The molecule has 11 heteroatoms. The Balaban J connectivity index is 0. The number of hydroxylamine groups is 2. The molecule has 1 unspecified atom stereocenters. The Morgan fingerprint density at radius 3 is 1.57 bits per heavy atom. The van der Waals surface area contributed by atoms with Crippen LogP contribution < -0.4 is 0 Å². The first-order valence-corrected chi connectivity index (χ1v) is 6.23. The summed E-state index contributed by atoms with van der Waals surface area (Å²) in [6.45, 7) is 4.77. The number of aliphatic hydroxyl groups is 3. The van der Waals surface area contributed by atoms with E-state index in [0.29, 0.717) is 5.06 Å². The van der Waals surface area contributed by atoms with Gasteiger partial charge in [-0.3, -0.25) is 9.59 Å². The van der Waals surface area contributed by atoms with Gasteiger partial charge in [-0.1, -0.05) is 5.06 Å². The van der Waals surface area contributed by atoms with Crippen molar-refractivity contribution < 1.29 is 44.8 Å². The number of hydrogen-bond donors (Lipinski definition) is 5. The number of aliphatic carboxylic acids is 2. The zero-order valence-corrected chi connectivity index (χ0v) is 12.7. The molecule has 0 bridgehead atoms. The molecule has 0 aromatic rings. The van der Waals surface area contributed by atoms with E-state index in [1.807, 2.05) is 0 Å². The van der Waals surface area contributed by atoms with Crippen LogP contribution in [0.4, 0.5) is 0 Å². The third-order valence-electron chi connectivity index (χ3n) is 2.47. The van der Waals surface area contributed by atoms with E-state index in [4.69, 9.17) is 10.2 Å². The van der Waals surface area contributed by atoms with Gasteiger partial charge < -0.3 is 30.4 Å². The Morgan fingerprint density at radius 1 is 0.913 bits per heavy atom. The van der Waals surface area contributed by atoms with E-state index in [1.165, 1.54) is 27.7 Å². The van der Waals surface area contributed by atoms with E-state index in [1.54, 1.807) is 0 Å². The minimum atomic E-state index is -2.87. The van der Waals surface area contributed by atoms with Crippen molar-refractivity contribution >= 4 is 47.5 Å². The van der Waals surface area contributed by atoms with Gasteiger partial charge >= 0.3 is 47.5 Å². The molecule has 0 saturated carbocycles. The summed E-state index contributed by atoms with van der Waals surface area (Å²) in [5.74, 6) is -4.88. The minimum absolute atomic E-state index is 0. The summed E-state index contributed by atoms with van der Waals surface area (Å²) in [5, 5.41) is 47.3. The van der Waals surface area contributed by atoms with Gasteiger partial charge in [0, 0.05) is 0 Å². The zero-order chi connectivity index (χ0) is 17.9. The Bertz CT molecular complexity index is 440. The van der Waals surface area contributed by atoms with E-state index in [-0.39, 0.29) is 29.6 Å². The summed E-state index contributed by atoms with van der Waals surface area (Å²) in [4.78, 5) is 37.9. The number of carbonyl (C=O) groups is 3. The summed E-state index contributed by atoms with van der Waals surface area (Å²) in [6, 6.07) is 0. The van der Waals surface area contributed by atoms with Gasteiger partial charge in [0.05, 0.1) is 12.8 Å². The molecule has 5 N–H and O–H groups in total. The predicted molar refractivity (Wildman–Crippen MR) is 77.1 cm³/mol. The molecule has 10 nitrogen and oxygen atoms in total. The topological polar surface area (TPSA) is 165 Å². The third-order valence-corrected chi connectivity index (χ3v) is 2.47. The molecule has 0 aromatic heterocycles. The van der Waals surface area contributed by atoms with Gasteiger partial charge in [-0.2, -0.15) is 0 Å². The fourth-order valence-electron chi connectivity index (χ4n) is 1.73. The van der Waals surface area contributed by atoms with Crippen LogP contribution >= 0.6 is 0 Å². The first-order chi connectivity index (χ1) is 9.59. The molecule has 0 saturated heterocycles. The van der Waals surface area contributed by atoms with Crippen LogP contribution in [-0.2, 0) is 19.2 Å². The average Bonchev–Trinajstić information content (AvgIpc) is 2.21. The summed E-state index contributed by atoms with van der Waals surface area (Å²) in [6.07, 6.45) is -2.40. The second kappa shape index (κ2) is 8.38. The van der Waals surface area contributed by atoms with Crippen LogP contribution in [0.15, 0.2) is 0 Å². The van der Waals surface area contributed by atoms with Crippen molar-refractivity contribution in [1.82, 2.24) is 5.06 Å². The summed E-state index contributed by atoms with van der Waals surface area (Å²) in [5.41, 5.74) is -6.50. The van der Waals surface area contributed by atoms with Crippen LogP contribution in [0.5, 0.6) is 0 Å². The molecule has 0 aromatic carbocycles. The molecule has 0 aliphatic heterocycles. The first-order valence-electron chi connectivity index (χ1n) is 6.23. The third kappa shape index (κ3) is 8.06. The second-order valence-electron chi connectivity index (χ2n) is 5.83. The van der Waals surface area contributed by atoms with Crippen molar-refractivity contribution in [1.29, 1.82) is 0 Å². The van der Waals surface area contributed by atoms with E-state index >= 15 is 0 Å². The molecule has 1 atom stereocenters. The van der Waals surface area contributed by atoms with Crippen molar-refractivity contribution in [2.24, 2.45) is 0 Å². The van der Waals surface area contributed by atoms with Gasteiger partial charge in [-0.15, -0.1) is 0 Å². The molecular weight excluding hydrogens is 325 g/mol. The molecule has 0 amide bonds. The van der Waals surface area contributed by atoms with Gasteiger partial charge in [0.2, 0.25) is 0 Å². The molecule has 0 aliphatic carbocycles. The van der Waals surface area contributed by atoms with E-state index < -0.39 is 47.8 Å². The van der Waals surface area contributed by atoms with Crippen LogP contribution in [0.25, 0.3) is 0 Å². The monoisotopic (exact) mass is 347 g/mol. The maximum atomic E-state index is 11.7. The number of carboxylic acids is 2. The normalized spacial score (nSPS) is 14.6. The summed E-state index contributed by atoms with van der Waals surface area (Å²) in [7, 11) is 0. The van der Waals surface area contributed by atoms with Gasteiger partial charge in [0.25, 0.3) is 0 Å². The molecule has 0 heterocycles. The first kappa shape index (κ1) is 24.5. The van der Waals surface area contributed by atoms with E-state index in [2.05, 4.69) is 4.84 Å². The maximum absolute atomic E-state index is 11.7. The number of rotatable bonds is 8. The van der Waals surface area contributed by atoms with Crippen molar-refractivity contribution in [2.45, 2.75) is 57.6 Å². The van der Waals surface area contributed by atoms with Gasteiger partial charge in [0.15, 0.2) is 5.60 Å². The predicted octanol–water partition coefficient (Wildman–Crippen LogP) is -1.76. The molecule has 130 valence electrons. The molecule has 0 aliphatic rings. The van der Waals surface area contributed by atoms with Crippen LogP contribution in [0.3, 0.4) is 0 Å². The molecule has 0 fully saturated rings. The Hall–Kier alpha value is -0.750. The number of nitrogens with zero attached hydrogens (tertiary/aromatic N) is 1. The van der Waals surface area contributed by atoms with E-state index in [9.17, 15) is 29.7 Å². The quantitative estimate of drug-likeness (QED) is 0.193. The number of carboxylic acid groups (broad SMARTS) is 2. The Labute approximate surface area is 154 Å². The Kier molecular flexibility index (Phi) is 8.93. The fourth-order valence-corrected chi connectivity index (χ4v) is 1.73. The van der Waals surface area contributed by atoms with Gasteiger partial charge in [0.1, 0.15) is 11.4 Å². The summed E-state index contributed by atoms with van der Waals surface area (Å²) < 4.78 is 0. The van der Waals surface area contributed by atoms with Crippen molar-refractivity contribution in [3.63, 3.8) is 0 Å². The molecular formula is C12H22NNaO9. The SMILES string of the molecule is CC(C)(O)N(OC(=O)CC(O)(CC(=O)O)C(=O)O)C(C)(C)O.[NaH]. The molecule has 0 radical (unpaired) electrons. The van der Waals surface area contributed by atoms with Crippen LogP contribution in [0, 0.1) is 0 Å². The van der Waals surface area contributed by atoms with Crippen LogP contribution in [0.1, 0.15) is 40.5 Å². The molecule has 23 heavy (non-hydrogen) atoms. The Morgan fingerprint density at radius 2 is 1.30 bits per heavy atom. The van der Waals surface area contributed by atoms with Gasteiger partial charge in [-0.05, 0) is 27.7 Å². The van der Waals surface area contributed by atoms with Crippen LogP contribution in [-0.4, -0.2) is 95.1 Å². The fraction of sp³-hybridized carbons (Fsp3) is 0.750. The molecule has 0 rings (SSSR count). The standard InChI is InChI=1S/C12H21NO9.Na.H/c1-10(2,19)13(11(3,4)20)22-8(16)6-12(21,9(17)18)5-7(14)15;;/h19-21H,5-6H2,1-4H3,(H,14,15)(H,17,18);;. The zero-order valence-electron chi connectivity index (χ0n) is 12.7. The van der Waals surface area contributed by atoms with Crippen LogP contribution in [0.2, 0.25) is 0 Å². The van der Waals surface area contributed by atoms with E-state index in [0.717, 1.165) is 0 Å². The summed E-state index contributed by atoms with van der Waals surface area (Å²) >= 11 is 0. The van der Waals surface area contributed by atoms with Gasteiger partial charge in [-0.25, -0.2) is 4.79 Å². The molecule has 0 spiro atoms. The average molecular weight is 347 g/mol.